The predicted octanol–water partition coefficient (Wildman–Crippen LogP) is 2.98. The number of halogens is 2. The van der Waals surface area contributed by atoms with E-state index in [0.717, 1.165) is 11.3 Å². The number of nitrogens with one attached hydrogen (secondary N) is 1. The third-order valence-electron chi connectivity index (χ3n) is 2.73. The maximum absolute atomic E-state index is 12.4. The number of nitrogens with two attached hydrogens (primary N) is 1. The molecule has 0 spiro atoms. The Labute approximate surface area is 140 Å². The average Bonchev–Trinajstić information content (AvgIpc) is 2.36. The van der Waals surface area contributed by atoms with Gasteiger partial charge in [0.1, 0.15) is 4.90 Å². The maximum atomic E-state index is 12.4. The second-order valence-corrected chi connectivity index (χ2v) is 7.86. The number of rotatable bonds is 4. The molecule has 0 atom stereocenters. The Morgan fingerprint density at radius 1 is 1.24 bits per heavy atom. The van der Waals surface area contributed by atoms with Crippen molar-refractivity contribution in [3.05, 3.63) is 50.7 Å². The van der Waals surface area contributed by atoms with Gasteiger partial charge >= 0.3 is 0 Å². The van der Waals surface area contributed by atoms with Gasteiger partial charge in [-0.05, 0) is 62.5 Å². The Bertz CT molecular complexity index is 738. The second kappa shape index (κ2) is 6.43. The van der Waals surface area contributed by atoms with Crippen LogP contribution in [0.1, 0.15) is 11.3 Å². The van der Waals surface area contributed by atoms with Crippen molar-refractivity contribution >= 4 is 47.6 Å². The summed E-state index contributed by atoms with van der Waals surface area (Å²) in [7, 11) is -3.67. The first-order valence-corrected chi connectivity index (χ1v) is 9.02. The molecule has 0 fully saturated rings. The molecule has 1 aromatic heterocycles. The van der Waals surface area contributed by atoms with Crippen LogP contribution in [-0.2, 0) is 16.6 Å². The zero-order valence-corrected chi connectivity index (χ0v) is 15.1. The highest BCUT2D eigenvalue weighted by Gasteiger charge is 2.21. The number of aryl methyl sites for hydroxylation is 1. The van der Waals surface area contributed by atoms with Gasteiger partial charge in [-0.3, -0.25) is 4.98 Å². The third-order valence-corrected chi connectivity index (χ3v) is 6.01. The maximum Gasteiger partial charge on any atom is 0.243 e. The van der Waals surface area contributed by atoms with Gasteiger partial charge in [0.05, 0.1) is 0 Å². The van der Waals surface area contributed by atoms with E-state index in [-0.39, 0.29) is 11.4 Å². The summed E-state index contributed by atoms with van der Waals surface area (Å²) in [5.74, 6) is 0. The summed E-state index contributed by atoms with van der Waals surface area (Å²) in [5, 5.41) is 0. The molecular weight excluding hydrogens is 422 g/mol. The lowest BCUT2D eigenvalue weighted by Crippen LogP contribution is -2.24. The summed E-state index contributed by atoms with van der Waals surface area (Å²) in [6.45, 7) is 2.04. The van der Waals surface area contributed by atoms with Crippen molar-refractivity contribution in [1.82, 2.24) is 9.71 Å². The van der Waals surface area contributed by atoms with Gasteiger partial charge in [0, 0.05) is 33.1 Å². The van der Waals surface area contributed by atoms with Crippen molar-refractivity contribution in [1.29, 1.82) is 0 Å². The zero-order chi connectivity index (χ0) is 15.6. The summed E-state index contributed by atoms with van der Waals surface area (Å²) in [5.41, 5.74) is 7.80. The van der Waals surface area contributed by atoms with Crippen molar-refractivity contribution < 1.29 is 8.42 Å². The van der Waals surface area contributed by atoms with Crippen LogP contribution in [0.2, 0.25) is 0 Å². The molecule has 1 heterocycles. The van der Waals surface area contributed by atoms with E-state index >= 15 is 0 Å². The smallest absolute Gasteiger partial charge is 0.243 e. The number of hydrogen-bond acceptors (Lipinski definition) is 4. The van der Waals surface area contributed by atoms with E-state index in [2.05, 4.69) is 41.6 Å². The molecule has 0 amide bonds. The van der Waals surface area contributed by atoms with Crippen LogP contribution in [0.15, 0.2) is 44.3 Å². The Balaban J connectivity index is 2.25. The van der Waals surface area contributed by atoms with Crippen LogP contribution in [0.5, 0.6) is 0 Å². The molecular formula is C13H13Br2N3O2S. The molecule has 21 heavy (non-hydrogen) atoms. The summed E-state index contributed by atoms with van der Waals surface area (Å²) in [4.78, 5) is 4.25. The number of benzene rings is 1. The Morgan fingerprint density at radius 2 is 1.86 bits per heavy atom. The van der Waals surface area contributed by atoms with E-state index in [1.165, 1.54) is 0 Å². The van der Waals surface area contributed by atoms with Gasteiger partial charge in [0.25, 0.3) is 0 Å². The Hall–Kier alpha value is -0.960. The highest BCUT2D eigenvalue weighted by molar-refractivity contribution is 9.11. The van der Waals surface area contributed by atoms with Gasteiger partial charge in [-0.1, -0.05) is 6.07 Å². The molecule has 0 radical (unpaired) electrons. The molecule has 2 rings (SSSR count). The van der Waals surface area contributed by atoms with Gasteiger partial charge in [-0.15, -0.1) is 0 Å². The molecule has 112 valence electrons. The summed E-state index contributed by atoms with van der Waals surface area (Å²) in [6, 6.07) is 6.76. The fourth-order valence-electron chi connectivity index (χ4n) is 1.69. The number of hydrogen-bond donors (Lipinski definition) is 2. The van der Waals surface area contributed by atoms with Gasteiger partial charge < -0.3 is 5.73 Å². The van der Waals surface area contributed by atoms with E-state index < -0.39 is 10.0 Å². The Morgan fingerprint density at radius 3 is 2.38 bits per heavy atom. The lowest BCUT2D eigenvalue weighted by Gasteiger charge is -2.11. The third kappa shape index (κ3) is 4.03. The fraction of sp³-hybridized carbons (Fsp3) is 0.154. The number of nitrogens with zero attached hydrogens (tertiary/aromatic N) is 1. The first kappa shape index (κ1) is 16.4. The SMILES string of the molecule is Cc1ccc(CNS(=O)(=O)c2c(Br)cc(N)cc2Br)cn1. The molecule has 5 nitrogen and oxygen atoms in total. The van der Waals surface area contributed by atoms with Gasteiger partial charge in [-0.25, -0.2) is 13.1 Å². The molecule has 0 aliphatic carbocycles. The highest BCUT2D eigenvalue weighted by Crippen LogP contribution is 2.32. The summed E-state index contributed by atoms with van der Waals surface area (Å²) < 4.78 is 28.1. The van der Waals surface area contributed by atoms with Crippen LogP contribution in [-0.4, -0.2) is 13.4 Å². The molecule has 0 saturated carbocycles. The molecule has 0 saturated heterocycles. The van der Waals surface area contributed by atoms with E-state index in [9.17, 15) is 8.42 Å². The number of pyridine rings is 1. The lowest BCUT2D eigenvalue weighted by atomic mass is 10.2. The molecule has 8 heteroatoms. The van der Waals surface area contributed by atoms with E-state index in [4.69, 9.17) is 5.73 Å². The van der Waals surface area contributed by atoms with Crippen LogP contribution in [0.4, 0.5) is 5.69 Å². The fourth-order valence-corrected chi connectivity index (χ4v) is 5.32. The lowest BCUT2D eigenvalue weighted by molar-refractivity contribution is 0.580. The van der Waals surface area contributed by atoms with Crippen LogP contribution in [0.3, 0.4) is 0 Å². The molecule has 0 unspecified atom stereocenters. The molecule has 0 bridgehead atoms. The van der Waals surface area contributed by atoms with Crippen molar-refractivity contribution in [3.8, 4) is 0 Å². The highest BCUT2D eigenvalue weighted by atomic mass is 79.9. The topological polar surface area (TPSA) is 85.1 Å². The number of anilines is 1. The van der Waals surface area contributed by atoms with Crippen molar-refractivity contribution in [2.24, 2.45) is 0 Å². The summed E-state index contributed by atoms with van der Waals surface area (Å²) in [6.07, 6.45) is 1.64. The minimum Gasteiger partial charge on any atom is -0.399 e. The standard InChI is InChI=1S/C13H13Br2N3O2S/c1-8-2-3-9(6-17-8)7-18-21(19,20)13-11(14)4-10(16)5-12(13)15/h2-6,18H,7,16H2,1H3. The molecule has 0 aliphatic heterocycles. The van der Waals surface area contributed by atoms with Crippen LogP contribution >= 0.6 is 31.9 Å². The first-order valence-electron chi connectivity index (χ1n) is 5.95. The number of nitrogen functional groups attached to an aromatic ring is 1. The summed E-state index contributed by atoms with van der Waals surface area (Å²) >= 11 is 6.46. The van der Waals surface area contributed by atoms with Crippen molar-refractivity contribution in [2.45, 2.75) is 18.4 Å². The molecule has 0 aliphatic rings. The van der Waals surface area contributed by atoms with Crippen molar-refractivity contribution in [2.75, 3.05) is 5.73 Å². The molecule has 1 aromatic carbocycles. The average molecular weight is 435 g/mol. The predicted molar refractivity (Wildman–Crippen MR) is 89.3 cm³/mol. The monoisotopic (exact) mass is 433 g/mol. The second-order valence-electron chi connectivity index (χ2n) is 4.45. The first-order chi connectivity index (χ1) is 9.79. The normalized spacial score (nSPS) is 11.6. The van der Waals surface area contributed by atoms with E-state index in [0.29, 0.717) is 14.6 Å². The van der Waals surface area contributed by atoms with E-state index in [1.807, 2.05) is 19.1 Å². The number of aromatic nitrogens is 1. The van der Waals surface area contributed by atoms with E-state index in [1.54, 1.807) is 18.3 Å². The molecule has 2 aromatic rings. The Kier molecular flexibility index (Phi) is 5.03. The quantitative estimate of drug-likeness (QED) is 0.724. The largest absolute Gasteiger partial charge is 0.399 e. The van der Waals surface area contributed by atoms with Crippen molar-refractivity contribution in [3.63, 3.8) is 0 Å². The van der Waals surface area contributed by atoms with Gasteiger partial charge in [0.15, 0.2) is 0 Å². The molecule has 3 N–H and O–H groups in total. The van der Waals surface area contributed by atoms with Crippen LogP contribution in [0.25, 0.3) is 0 Å². The van der Waals surface area contributed by atoms with Crippen LogP contribution in [0, 0.1) is 6.92 Å². The minimum atomic E-state index is -3.67. The number of sulfonamides is 1. The van der Waals surface area contributed by atoms with Gasteiger partial charge in [-0.2, -0.15) is 0 Å². The van der Waals surface area contributed by atoms with Crippen LogP contribution < -0.4 is 10.5 Å². The zero-order valence-electron chi connectivity index (χ0n) is 11.1. The van der Waals surface area contributed by atoms with Gasteiger partial charge in [0.2, 0.25) is 10.0 Å². The minimum absolute atomic E-state index is 0.122.